The van der Waals surface area contributed by atoms with Crippen LogP contribution >= 0.6 is 0 Å². The minimum atomic E-state index is -3.71. The van der Waals surface area contributed by atoms with Gasteiger partial charge in [-0.1, -0.05) is 24.3 Å². The summed E-state index contributed by atoms with van der Waals surface area (Å²) in [6.07, 6.45) is 0.693. The van der Waals surface area contributed by atoms with E-state index in [1.807, 2.05) is 0 Å². The summed E-state index contributed by atoms with van der Waals surface area (Å²) in [6, 6.07) is 13.2. The number of nitrogens with two attached hydrogens (primary N) is 1. The zero-order valence-electron chi connectivity index (χ0n) is 14.4. The number of nitrogens with one attached hydrogen (secondary N) is 1. The highest BCUT2D eigenvalue weighted by Crippen LogP contribution is 2.12. The number of benzene rings is 2. The molecule has 27 heavy (non-hydrogen) atoms. The first-order chi connectivity index (χ1) is 12.8. The van der Waals surface area contributed by atoms with E-state index in [0.29, 0.717) is 24.1 Å². The van der Waals surface area contributed by atoms with Gasteiger partial charge in [0.1, 0.15) is 0 Å². The van der Waals surface area contributed by atoms with Crippen molar-refractivity contribution in [3.05, 3.63) is 64.6 Å². The van der Waals surface area contributed by atoms with Crippen LogP contribution < -0.4 is 16.2 Å². The van der Waals surface area contributed by atoms with Gasteiger partial charge >= 0.3 is 5.76 Å². The summed E-state index contributed by atoms with van der Waals surface area (Å²) in [4.78, 5) is 23.9. The van der Waals surface area contributed by atoms with Crippen LogP contribution in [0, 0.1) is 0 Å². The Kier molecular flexibility index (Phi) is 5.43. The molecule has 0 fully saturated rings. The van der Waals surface area contributed by atoms with Gasteiger partial charge in [0.2, 0.25) is 15.9 Å². The van der Waals surface area contributed by atoms with Crippen molar-refractivity contribution in [1.29, 1.82) is 0 Å². The molecule has 2 aromatic carbocycles. The van der Waals surface area contributed by atoms with Crippen molar-refractivity contribution in [2.24, 2.45) is 5.14 Å². The second kappa shape index (κ2) is 7.77. The van der Waals surface area contributed by atoms with Crippen molar-refractivity contribution < 1.29 is 17.6 Å². The molecule has 0 radical (unpaired) electrons. The first-order valence-electron chi connectivity index (χ1n) is 8.31. The summed E-state index contributed by atoms with van der Waals surface area (Å²) in [5.41, 5.74) is 2.02. The van der Waals surface area contributed by atoms with Crippen molar-refractivity contribution in [2.75, 3.05) is 6.54 Å². The number of nitrogens with zero attached hydrogens (tertiary/aromatic N) is 1. The Morgan fingerprint density at radius 1 is 1.11 bits per heavy atom. The summed E-state index contributed by atoms with van der Waals surface area (Å²) in [6.45, 7) is 0.624. The number of primary sulfonamides is 1. The molecule has 0 saturated heterocycles. The molecule has 0 atom stereocenters. The Hall–Kier alpha value is -2.91. The van der Waals surface area contributed by atoms with Crippen LogP contribution in [0.3, 0.4) is 0 Å². The minimum Gasteiger partial charge on any atom is -0.408 e. The topological polar surface area (TPSA) is 124 Å². The summed E-state index contributed by atoms with van der Waals surface area (Å²) < 4.78 is 29.0. The number of hydrogen-bond acceptors (Lipinski definition) is 5. The van der Waals surface area contributed by atoms with Crippen LogP contribution in [0.1, 0.15) is 12.0 Å². The lowest BCUT2D eigenvalue weighted by molar-refractivity contribution is -0.121. The molecule has 0 aliphatic heterocycles. The minimum absolute atomic E-state index is 0.0491. The average molecular weight is 389 g/mol. The number of aromatic nitrogens is 1. The monoisotopic (exact) mass is 389 g/mol. The van der Waals surface area contributed by atoms with Gasteiger partial charge < -0.3 is 9.73 Å². The highest BCUT2D eigenvalue weighted by molar-refractivity contribution is 7.89. The van der Waals surface area contributed by atoms with E-state index < -0.39 is 15.8 Å². The van der Waals surface area contributed by atoms with Gasteiger partial charge in [-0.25, -0.2) is 18.4 Å². The van der Waals surface area contributed by atoms with Gasteiger partial charge in [0.15, 0.2) is 5.58 Å². The van der Waals surface area contributed by atoms with E-state index >= 15 is 0 Å². The first kappa shape index (κ1) is 18.9. The van der Waals surface area contributed by atoms with Crippen LogP contribution in [0.4, 0.5) is 0 Å². The number of oxazole rings is 1. The zero-order chi connectivity index (χ0) is 19.4. The van der Waals surface area contributed by atoms with E-state index in [4.69, 9.17) is 9.56 Å². The van der Waals surface area contributed by atoms with Gasteiger partial charge in [-0.15, -0.1) is 0 Å². The quantitative estimate of drug-likeness (QED) is 0.623. The van der Waals surface area contributed by atoms with E-state index in [1.54, 1.807) is 36.4 Å². The molecule has 0 spiro atoms. The maximum Gasteiger partial charge on any atom is 0.419 e. The lowest BCUT2D eigenvalue weighted by Crippen LogP contribution is -2.27. The third-order valence-electron chi connectivity index (χ3n) is 4.12. The molecule has 1 heterocycles. The fourth-order valence-electron chi connectivity index (χ4n) is 2.72. The van der Waals surface area contributed by atoms with Crippen LogP contribution in [0.15, 0.2) is 62.6 Å². The Labute approximate surface area is 155 Å². The largest absolute Gasteiger partial charge is 0.419 e. The highest BCUT2D eigenvalue weighted by atomic mass is 32.2. The first-order valence-corrected chi connectivity index (χ1v) is 9.86. The fraction of sp³-hybridized carbons (Fsp3) is 0.222. The fourth-order valence-corrected chi connectivity index (χ4v) is 3.23. The summed E-state index contributed by atoms with van der Waals surface area (Å²) >= 11 is 0. The van der Waals surface area contributed by atoms with E-state index in [1.165, 1.54) is 16.7 Å². The normalized spacial score (nSPS) is 11.6. The summed E-state index contributed by atoms with van der Waals surface area (Å²) in [5.74, 6) is -0.674. The molecule has 3 N–H and O–H groups in total. The van der Waals surface area contributed by atoms with Gasteiger partial charge in [0.05, 0.1) is 10.4 Å². The Bertz CT molecular complexity index is 1110. The van der Waals surface area contributed by atoms with Crippen molar-refractivity contribution in [1.82, 2.24) is 9.88 Å². The van der Waals surface area contributed by atoms with Gasteiger partial charge in [-0.05, 0) is 36.2 Å². The number of amides is 1. The molecule has 0 aliphatic carbocycles. The third kappa shape index (κ3) is 4.63. The molecule has 3 rings (SSSR count). The highest BCUT2D eigenvalue weighted by Gasteiger charge is 2.10. The van der Waals surface area contributed by atoms with Crippen LogP contribution in [-0.2, 0) is 27.8 Å². The van der Waals surface area contributed by atoms with Crippen molar-refractivity contribution in [3.8, 4) is 0 Å². The molecule has 0 unspecified atom stereocenters. The second-order valence-corrected chi connectivity index (χ2v) is 7.59. The lowest BCUT2D eigenvalue weighted by Gasteiger charge is -2.06. The van der Waals surface area contributed by atoms with Gasteiger partial charge in [0.25, 0.3) is 0 Å². The predicted octanol–water partition coefficient (Wildman–Crippen LogP) is 0.991. The third-order valence-corrected chi connectivity index (χ3v) is 5.05. The maximum atomic E-state index is 12.0. The summed E-state index contributed by atoms with van der Waals surface area (Å²) in [5, 5.41) is 7.83. The van der Waals surface area contributed by atoms with E-state index in [0.717, 1.165) is 5.56 Å². The second-order valence-electron chi connectivity index (χ2n) is 6.03. The summed E-state index contributed by atoms with van der Waals surface area (Å²) in [7, 11) is -3.71. The molecular formula is C18H19N3O5S. The van der Waals surface area contributed by atoms with Gasteiger partial charge in [0, 0.05) is 19.5 Å². The number of hydrogen-bond donors (Lipinski definition) is 2. The molecule has 3 aromatic rings. The number of carbonyl (C=O) groups excluding carboxylic acids is 1. The molecular weight excluding hydrogens is 370 g/mol. The van der Waals surface area contributed by atoms with Crippen LogP contribution in [0.25, 0.3) is 11.1 Å². The van der Waals surface area contributed by atoms with Crippen LogP contribution in [0.5, 0.6) is 0 Å². The van der Waals surface area contributed by atoms with Crippen molar-refractivity contribution in [3.63, 3.8) is 0 Å². The number of aryl methyl sites for hydroxylation is 1. The molecule has 0 aliphatic rings. The molecule has 0 saturated carbocycles. The number of para-hydroxylation sites is 2. The smallest absolute Gasteiger partial charge is 0.408 e. The maximum absolute atomic E-state index is 12.0. The predicted molar refractivity (Wildman–Crippen MR) is 99.6 cm³/mol. The molecule has 9 heteroatoms. The number of fused-ring (bicyclic) bond motifs is 1. The van der Waals surface area contributed by atoms with Crippen LogP contribution in [-0.4, -0.2) is 25.4 Å². The molecule has 1 amide bonds. The number of sulfonamides is 1. The van der Waals surface area contributed by atoms with Gasteiger partial charge in [-0.2, -0.15) is 0 Å². The van der Waals surface area contributed by atoms with Crippen molar-refractivity contribution >= 4 is 27.0 Å². The Balaban J connectivity index is 1.50. The standard InChI is InChI=1S/C18H19N3O5S/c19-27(24,25)14-7-5-13(6-8-14)9-11-20-17(22)10-12-21-15-3-1-2-4-16(15)26-18(21)23/h1-8H,9-12H2,(H,20,22)(H2,19,24,25). The van der Waals surface area contributed by atoms with Crippen LogP contribution in [0.2, 0.25) is 0 Å². The molecule has 1 aromatic heterocycles. The van der Waals surface area contributed by atoms with E-state index in [2.05, 4.69) is 5.32 Å². The Morgan fingerprint density at radius 3 is 2.52 bits per heavy atom. The average Bonchev–Trinajstić information content (AvgIpc) is 2.95. The van der Waals surface area contributed by atoms with Crippen molar-refractivity contribution in [2.45, 2.75) is 24.3 Å². The SMILES string of the molecule is NS(=O)(=O)c1ccc(CCNC(=O)CCn2c(=O)oc3ccccc32)cc1. The lowest BCUT2D eigenvalue weighted by atomic mass is 10.1. The zero-order valence-corrected chi connectivity index (χ0v) is 15.2. The number of carbonyl (C=O) groups is 1. The van der Waals surface area contributed by atoms with E-state index in [9.17, 15) is 18.0 Å². The molecule has 0 bridgehead atoms. The molecule has 142 valence electrons. The van der Waals surface area contributed by atoms with E-state index in [-0.39, 0.29) is 23.8 Å². The number of rotatable bonds is 7. The Morgan fingerprint density at radius 2 is 1.81 bits per heavy atom. The van der Waals surface area contributed by atoms with Gasteiger partial charge in [-0.3, -0.25) is 9.36 Å². The molecule has 8 nitrogen and oxygen atoms in total.